The van der Waals surface area contributed by atoms with Crippen LogP contribution in [0.25, 0.3) is 0 Å². The van der Waals surface area contributed by atoms with Gasteiger partial charge in [-0.3, -0.25) is 0 Å². The summed E-state index contributed by atoms with van der Waals surface area (Å²) in [5.74, 6) is 2.29. The molecule has 1 unspecified atom stereocenters. The lowest BCUT2D eigenvalue weighted by atomic mass is 10.1. The van der Waals surface area contributed by atoms with Crippen LogP contribution in [0.5, 0.6) is 0 Å². The van der Waals surface area contributed by atoms with Gasteiger partial charge in [-0.25, -0.2) is 0 Å². The maximum atomic E-state index is 4.33. The molecule has 0 radical (unpaired) electrons. The van der Waals surface area contributed by atoms with Gasteiger partial charge in [0.15, 0.2) is 0 Å². The third-order valence-corrected chi connectivity index (χ3v) is 4.01. The SMILES string of the molecule is CCCCCCCCNC(C)c1nnc2n1CCC2. The summed E-state index contributed by atoms with van der Waals surface area (Å²) in [6.45, 7) is 6.66. The minimum atomic E-state index is 0.329. The lowest BCUT2D eigenvalue weighted by Crippen LogP contribution is -2.23. The van der Waals surface area contributed by atoms with Crippen molar-refractivity contribution in [2.24, 2.45) is 0 Å². The molecular formula is C15H28N4. The molecule has 19 heavy (non-hydrogen) atoms. The van der Waals surface area contributed by atoms with E-state index in [4.69, 9.17) is 0 Å². The van der Waals surface area contributed by atoms with Gasteiger partial charge in [-0.05, 0) is 26.3 Å². The van der Waals surface area contributed by atoms with E-state index in [1.807, 2.05) is 0 Å². The Hall–Kier alpha value is -0.900. The first kappa shape index (κ1) is 14.5. The highest BCUT2D eigenvalue weighted by Crippen LogP contribution is 2.18. The summed E-state index contributed by atoms with van der Waals surface area (Å²) >= 11 is 0. The average molecular weight is 264 g/mol. The van der Waals surface area contributed by atoms with E-state index in [2.05, 4.69) is 33.9 Å². The van der Waals surface area contributed by atoms with E-state index >= 15 is 0 Å². The number of nitrogens with zero attached hydrogens (tertiary/aromatic N) is 3. The van der Waals surface area contributed by atoms with Crippen molar-refractivity contribution in [2.75, 3.05) is 6.54 Å². The maximum absolute atomic E-state index is 4.33. The zero-order valence-corrected chi connectivity index (χ0v) is 12.5. The van der Waals surface area contributed by atoms with Gasteiger partial charge in [-0.15, -0.1) is 10.2 Å². The highest BCUT2D eigenvalue weighted by molar-refractivity contribution is 5.03. The molecule has 0 aliphatic carbocycles. The summed E-state index contributed by atoms with van der Waals surface area (Å²) < 4.78 is 2.29. The van der Waals surface area contributed by atoms with Crippen molar-refractivity contribution in [3.05, 3.63) is 11.6 Å². The first-order valence-corrected chi connectivity index (χ1v) is 7.98. The highest BCUT2D eigenvalue weighted by atomic mass is 15.3. The van der Waals surface area contributed by atoms with E-state index in [1.54, 1.807) is 0 Å². The molecule has 0 fully saturated rings. The molecule has 2 heterocycles. The standard InChI is InChI=1S/C15H28N4/c1-3-4-5-6-7-8-11-16-13(2)15-18-17-14-10-9-12-19(14)15/h13,16H,3-12H2,1-2H3. The van der Waals surface area contributed by atoms with Crippen LogP contribution < -0.4 is 5.32 Å². The molecule has 1 aromatic rings. The Morgan fingerprint density at radius 1 is 1.16 bits per heavy atom. The van der Waals surface area contributed by atoms with E-state index in [0.29, 0.717) is 6.04 Å². The van der Waals surface area contributed by atoms with Gasteiger partial charge < -0.3 is 9.88 Å². The van der Waals surface area contributed by atoms with Crippen LogP contribution in [0.15, 0.2) is 0 Å². The Morgan fingerprint density at radius 2 is 1.95 bits per heavy atom. The van der Waals surface area contributed by atoms with E-state index in [-0.39, 0.29) is 0 Å². The molecule has 0 spiro atoms. The second-order valence-electron chi connectivity index (χ2n) is 5.67. The minimum absolute atomic E-state index is 0.329. The van der Waals surface area contributed by atoms with Crippen molar-refractivity contribution >= 4 is 0 Å². The molecule has 0 saturated heterocycles. The number of rotatable bonds is 9. The Morgan fingerprint density at radius 3 is 2.79 bits per heavy atom. The van der Waals surface area contributed by atoms with Crippen molar-refractivity contribution in [1.29, 1.82) is 0 Å². The van der Waals surface area contributed by atoms with Crippen molar-refractivity contribution in [2.45, 2.75) is 77.8 Å². The number of hydrogen-bond acceptors (Lipinski definition) is 3. The van der Waals surface area contributed by atoms with Gasteiger partial charge in [-0.1, -0.05) is 39.0 Å². The highest BCUT2D eigenvalue weighted by Gasteiger charge is 2.20. The van der Waals surface area contributed by atoms with Crippen molar-refractivity contribution < 1.29 is 0 Å². The third-order valence-electron chi connectivity index (χ3n) is 4.01. The predicted octanol–water partition coefficient (Wildman–Crippen LogP) is 3.24. The van der Waals surface area contributed by atoms with Crippen LogP contribution >= 0.6 is 0 Å². The Labute approximate surface area is 117 Å². The molecule has 0 aromatic carbocycles. The molecule has 1 N–H and O–H groups in total. The fraction of sp³-hybridized carbons (Fsp3) is 0.867. The van der Waals surface area contributed by atoms with Crippen molar-refractivity contribution in [3.63, 3.8) is 0 Å². The Balaban J connectivity index is 1.63. The summed E-state index contributed by atoms with van der Waals surface area (Å²) in [5.41, 5.74) is 0. The van der Waals surface area contributed by atoms with Crippen LogP contribution in [0, 0.1) is 0 Å². The maximum Gasteiger partial charge on any atom is 0.149 e. The van der Waals surface area contributed by atoms with Crippen LogP contribution in [0.3, 0.4) is 0 Å². The number of hydrogen-bond donors (Lipinski definition) is 1. The van der Waals surface area contributed by atoms with Crippen LogP contribution in [-0.2, 0) is 13.0 Å². The quantitative estimate of drug-likeness (QED) is 0.696. The fourth-order valence-electron chi connectivity index (χ4n) is 2.81. The van der Waals surface area contributed by atoms with Crippen LogP contribution in [0.2, 0.25) is 0 Å². The smallest absolute Gasteiger partial charge is 0.149 e. The van der Waals surface area contributed by atoms with Crippen LogP contribution in [0.4, 0.5) is 0 Å². The first-order chi connectivity index (χ1) is 9.33. The van der Waals surface area contributed by atoms with Gasteiger partial charge in [0.1, 0.15) is 11.6 Å². The number of fused-ring (bicyclic) bond motifs is 1. The zero-order valence-electron chi connectivity index (χ0n) is 12.5. The fourth-order valence-corrected chi connectivity index (χ4v) is 2.81. The minimum Gasteiger partial charge on any atom is -0.314 e. The van der Waals surface area contributed by atoms with Gasteiger partial charge in [-0.2, -0.15) is 0 Å². The number of nitrogens with one attached hydrogen (secondary N) is 1. The zero-order chi connectivity index (χ0) is 13.5. The van der Waals surface area contributed by atoms with Crippen LogP contribution in [0.1, 0.15) is 76.5 Å². The van der Waals surface area contributed by atoms with Gasteiger partial charge in [0.25, 0.3) is 0 Å². The molecule has 0 amide bonds. The van der Waals surface area contributed by atoms with Gasteiger partial charge in [0.2, 0.25) is 0 Å². The monoisotopic (exact) mass is 264 g/mol. The number of aromatic nitrogens is 3. The Bertz CT molecular complexity index is 372. The van der Waals surface area contributed by atoms with E-state index in [1.165, 1.54) is 50.8 Å². The topological polar surface area (TPSA) is 42.7 Å². The molecule has 1 atom stereocenters. The first-order valence-electron chi connectivity index (χ1n) is 7.98. The predicted molar refractivity (Wildman–Crippen MR) is 78.1 cm³/mol. The molecule has 2 rings (SSSR count). The number of aryl methyl sites for hydroxylation is 1. The largest absolute Gasteiger partial charge is 0.314 e. The molecule has 1 aromatic heterocycles. The lowest BCUT2D eigenvalue weighted by molar-refractivity contribution is 0.493. The molecule has 0 bridgehead atoms. The number of unbranched alkanes of at least 4 members (excludes halogenated alkanes) is 5. The van der Waals surface area contributed by atoms with Crippen molar-refractivity contribution in [3.8, 4) is 0 Å². The van der Waals surface area contributed by atoms with E-state index < -0.39 is 0 Å². The van der Waals surface area contributed by atoms with E-state index in [0.717, 1.165) is 25.3 Å². The summed E-state index contributed by atoms with van der Waals surface area (Å²) in [6, 6.07) is 0.329. The van der Waals surface area contributed by atoms with E-state index in [9.17, 15) is 0 Å². The molecule has 0 saturated carbocycles. The van der Waals surface area contributed by atoms with Gasteiger partial charge in [0.05, 0.1) is 6.04 Å². The second-order valence-corrected chi connectivity index (χ2v) is 5.67. The summed E-state index contributed by atoms with van der Waals surface area (Å²) in [5, 5.41) is 12.2. The van der Waals surface area contributed by atoms with Gasteiger partial charge in [0, 0.05) is 13.0 Å². The lowest BCUT2D eigenvalue weighted by Gasteiger charge is -2.13. The summed E-state index contributed by atoms with van der Waals surface area (Å²) in [7, 11) is 0. The third kappa shape index (κ3) is 4.03. The van der Waals surface area contributed by atoms with Crippen LogP contribution in [-0.4, -0.2) is 21.3 Å². The van der Waals surface area contributed by atoms with Gasteiger partial charge >= 0.3 is 0 Å². The molecule has 4 heteroatoms. The molecule has 1 aliphatic rings. The average Bonchev–Trinajstić information content (AvgIpc) is 2.99. The normalized spacial score (nSPS) is 15.7. The summed E-state index contributed by atoms with van der Waals surface area (Å²) in [6.07, 6.45) is 10.4. The second kappa shape index (κ2) is 7.63. The molecule has 1 aliphatic heterocycles. The van der Waals surface area contributed by atoms with Crippen molar-refractivity contribution in [1.82, 2.24) is 20.1 Å². The molecular weight excluding hydrogens is 236 g/mol. The Kier molecular flexibility index (Phi) is 5.83. The molecule has 4 nitrogen and oxygen atoms in total. The summed E-state index contributed by atoms with van der Waals surface area (Å²) in [4.78, 5) is 0. The molecule has 108 valence electrons.